The molecule has 2 N–H and O–H groups in total. The van der Waals surface area contributed by atoms with Crippen LogP contribution in [0.15, 0.2) is 0 Å². The van der Waals surface area contributed by atoms with Crippen LogP contribution in [0.5, 0.6) is 0 Å². The van der Waals surface area contributed by atoms with Crippen molar-refractivity contribution < 1.29 is 14.7 Å². The largest absolute Gasteiger partial charge is 0.480 e. The third kappa shape index (κ3) is 3.87. The Balaban J connectivity index is 1.80. The van der Waals surface area contributed by atoms with E-state index in [1.807, 2.05) is 14.1 Å². The van der Waals surface area contributed by atoms with Crippen molar-refractivity contribution in [1.29, 1.82) is 0 Å². The molecule has 0 aromatic carbocycles. The summed E-state index contributed by atoms with van der Waals surface area (Å²) in [5.41, 5.74) is 0. The van der Waals surface area contributed by atoms with E-state index < -0.39 is 12.0 Å². The number of fused-ring (bicyclic) bond motifs is 1. The fourth-order valence-electron chi connectivity index (χ4n) is 3.68. The summed E-state index contributed by atoms with van der Waals surface area (Å²) in [6, 6.07) is -0.832. The molecular formula is C15H27N3O3. The van der Waals surface area contributed by atoms with Gasteiger partial charge in [0.15, 0.2) is 0 Å². The van der Waals surface area contributed by atoms with Crippen molar-refractivity contribution in [2.75, 3.05) is 33.7 Å². The van der Waals surface area contributed by atoms with E-state index in [-0.39, 0.29) is 11.9 Å². The number of hydrogen-bond acceptors (Lipinski definition) is 3. The summed E-state index contributed by atoms with van der Waals surface area (Å²) in [5, 5.41) is 12.3. The van der Waals surface area contributed by atoms with Crippen LogP contribution in [0.1, 0.15) is 32.1 Å². The van der Waals surface area contributed by atoms with E-state index in [4.69, 9.17) is 0 Å². The maximum absolute atomic E-state index is 12.2. The summed E-state index contributed by atoms with van der Waals surface area (Å²) in [7, 11) is 4.05. The normalized spacial score (nSPS) is 28.0. The molecular weight excluding hydrogens is 270 g/mol. The topological polar surface area (TPSA) is 72.9 Å². The van der Waals surface area contributed by atoms with Crippen LogP contribution >= 0.6 is 0 Å². The third-order valence-corrected chi connectivity index (χ3v) is 4.71. The summed E-state index contributed by atoms with van der Waals surface area (Å²) in [6.07, 6.45) is 5.04. The minimum absolute atomic E-state index is 0.155. The molecule has 1 saturated heterocycles. The Morgan fingerprint density at radius 3 is 2.71 bits per heavy atom. The van der Waals surface area contributed by atoms with Gasteiger partial charge in [0.05, 0.1) is 0 Å². The Morgan fingerprint density at radius 1 is 1.29 bits per heavy atom. The molecule has 2 aliphatic rings. The molecule has 1 heterocycles. The molecule has 6 nitrogen and oxygen atoms in total. The van der Waals surface area contributed by atoms with Crippen LogP contribution in [0.2, 0.25) is 0 Å². The van der Waals surface area contributed by atoms with Gasteiger partial charge in [0.1, 0.15) is 6.04 Å². The molecule has 21 heavy (non-hydrogen) atoms. The van der Waals surface area contributed by atoms with Crippen LogP contribution < -0.4 is 5.32 Å². The highest BCUT2D eigenvalue weighted by molar-refractivity contribution is 5.83. The number of carbonyl (C=O) groups excluding carboxylic acids is 1. The summed E-state index contributed by atoms with van der Waals surface area (Å²) >= 11 is 0. The standard InChI is InChI=1S/C15H27N3O3/c1-17(2)9-4-3-8-16-15(21)18-10-11-6-5-7-12(11)13(18)14(19)20/h11-13H,3-10H2,1-2H3,(H,16,21)(H,19,20). The molecule has 1 aliphatic heterocycles. The number of urea groups is 1. The number of carboxylic acid groups (broad SMARTS) is 1. The van der Waals surface area contributed by atoms with Gasteiger partial charge in [0.25, 0.3) is 0 Å². The van der Waals surface area contributed by atoms with E-state index in [0.29, 0.717) is 19.0 Å². The summed E-state index contributed by atoms with van der Waals surface area (Å²) in [6.45, 7) is 2.22. The predicted molar refractivity (Wildman–Crippen MR) is 80.1 cm³/mol. The predicted octanol–water partition coefficient (Wildman–Crippen LogP) is 1.22. The van der Waals surface area contributed by atoms with Crippen molar-refractivity contribution in [2.24, 2.45) is 11.8 Å². The van der Waals surface area contributed by atoms with Crippen LogP contribution in [0.3, 0.4) is 0 Å². The SMILES string of the molecule is CN(C)CCCCNC(=O)N1CC2CCCC2C1C(=O)O. The fourth-order valence-corrected chi connectivity index (χ4v) is 3.68. The molecule has 0 bridgehead atoms. The van der Waals surface area contributed by atoms with Crippen LogP contribution in [-0.4, -0.2) is 66.7 Å². The van der Waals surface area contributed by atoms with E-state index >= 15 is 0 Å². The summed E-state index contributed by atoms with van der Waals surface area (Å²) in [5.74, 6) is -0.320. The number of rotatable bonds is 6. The zero-order chi connectivity index (χ0) is 15.4. The molecule has 3 atom stereocenters. The number of carbonyl (C=O) groups is 2. The lowest BCUT2D eigenvalue weighted by atomic mass is 9.94. The van der Waals surface area contributed by atoms with Crippen molar-refractivity contribution in [2.45, 2.75) is 38.1 Å². The van der Waals surface area contributed by atoms with Crippen LogP contribution in [0.4, 0.5) is 4.79 Å². The van der Waals surface area contributed by atoms with Crippen molar-refractivity contribution in [3.8, 4) is 0 Å². The second-order valence-electron chi connectivity index (χ2n) is 6.53. The lowest BCUT2D eigenvalue weighted by Gasteiger charge is -2.24. The molecule has 1 aliphatic carbocycles. The molecule has 2 fully saturated rings. The second-order valence-corrected chi connectivity index (χ2v) is 6.53. The molecule has 2 rings (SSSR count). The lowest BCUT2D eigenvalue weighted by Crippen LogP contribution is -2.48. The number of carboxylic acids is 1. The Bertz CT molecular complexity index is 386. The van der Waals surface area contributed by atoms with E-state index in [1.165, 1.54) is 0 Å². The van der Waals surface area contributed by atoms with Gasteiger partial charge in [0, 0.05) is 13.1 Å². The van der Waals surface area contributed by atoms with Crippen LogP contribution in [0, 0.1) is 11.8 Å². The van der Waals surface area contributed by atoms with Gasteiger partial charge in [-0.1, -0.05) is 6.42 Å². The van der Waals surface area contributed by atoms with Gasteiger partial charge >= 0.3 is 12.0 Å². The quantitative estimate of drug-likeness (QED) is 0.723. The first-order valence-corrected chi connectivity index (χ1v) is 7.92. The van der Waals surface area contributed by atoms with E-state index in [9.17, 15) is 14.7 Å². The summed E-state index contributed by atoms with van der Waals surface area (Å²) < 4.78 is 0. The third-order valence-electron chi connectivity index (χ3n) is 4.71. The number of nitrogens with one attached hydrogen (secondary N) is 1. The first kappa shape index (κ1) is 16.1. The maximum Gasteiger partial charge on any atom is 0.326 e. The highest BCUT2D eigenvalue weighted by Crippen LogP contribution is 2.42. The van der Waals surface area contributed by atoms with Gasteiger partial charge in [0.2, 0.25) is 0 Å². The molecule has 3 unspecified atom stereocenters. The van der Waals surface area contributed by atoms with Crippen molar-refractivity contribution in [3.05, 3.63) is 0 Å². The number of aliphatic carboxylic acids is 1. The number of nitrogens with zero attached hydrogens (tertiary/aromatic N) is 2. The molecule has 0 aromatic heterocycles. The maximum atomic E-state index is 12.2. The Hall–Kier alpha value is -1.30. The molecule has 0 radical (unpaired) electrons. The molecule has 2 amide bonds. The average molecular weight is 297 g/mol. The lowest BCUT2D eigenvalue weighted by molar-refractivity contribution is -0.142. The molecule has 1 saturated carbocycles. The van der Waals surface area contributed by atoms with Crippen LogP contribution in [-0.2, 0) is 4.79 Å². The number of likely N-dealkylation sites (tertiary alicyclic amines) is 1. The van der Waals surface area contributed by atoms with Gasteiger partial charge in [-0.15, -0.1) is 0 Å². The monoisotopic (exact) mass is 297 g/mol. The fraction of sp³-hybridized carbons (Fsp3) is 0.867. The smallest absolute Gasteiger partial charge is 0.326 e. The number of hydrogen-bond donors (Lipinski definition) is 2. The number of unbranched alkanes of at least 4 members (excludes halogenated alkanes) is 1. The van der Waals surface area contributed by atoms with Gasteiger partial charge in [-0.3, -0.25) is 0 Å². The molecule has 0 aromatic rings. The Kier molecular flexibility index (Phi) is 5.45. The van der Waals surface area contributed by atoms with E-state index in [0.717, 1.165) is 38.6 Å². The molecule has 6 heteroatoms. The van der Waals surface area contributed by atoms with Crippen molar-refractivity contribution >= 4 is 12.0 Å². The minimum Gasteiger partial charge on any atom is -0.480 e. The van der Waals surface area contributed by atoms with E-state index in [2.05, 4.69) is 10.2 Å². The number of amides is 2. The highest BCUT2D eigenvalue weighted by atomic mass is 16.4. The average Bonchev–Trinajstić information content (AvgIpc) is 2.96. The van der Waals surface area contributed by atoms with Crippen molar-refractivity contribution in [1.82, 2.24) is 15.1 Å². The summed E-state index contributed by atoms with van der Waals surface area (Å²) in [4.78, 5) is 27.4. The van der Waals surface area contributed by atoms with Gasteiger partial charge in [-0.2, -0.15) is 0 Å². The van der Waals surface area contributed by atoms with Gasteiger partial charge in [-0.25, -0.2) is 9.59 Å². The highest BCUT2D eigenvalue weighted by Gasteiger charge is 2.49. The second kappa shape index (κ2) is 7.11. The first-order chi connectivity index (χ1) is 10.0. The molecule has 120 valence electrons. The van der Waals surface area contributed by atoms with Crippen LogP contribution in [0.25, 0.3) is 0 Å². The van der Waals surface area contributed by atoms with Gasteiger partial charge < -0.3 is 20.2 Å². The molecule has 0 spiro atoms. The minimum atomic E-state index is -0.854. The first-order valence-electron chi connectivity index (χ1n) is 7.92. The van der Waals surface area contributed by atoms with Crippen molar-refractivity contribution in [3.63, 3.8) is 0 Å². The van der Waals surface area contributed by atoms with Gasteiger partial charge in [-0.05, 0) is 58.2 Å². The zero-order valence-corrected chi connectivity index (χ0v) is 13.0. The van der Waals surface area contributed by atoms with E-state index in [1.54, 1.807) is 4.90 Å². The Morgan fingerprint density at radius 2 is 2.05 bits per heavy atom. The zero-order valence-electron chi connectivity index (χ0n) is 13.0. The Labute approximate surface area is 126 Å².